The fourth-order valence-electron chi connectivity index (χ4n) is 4.65. The van der Waals surface area contributed by atoms with E-state index < -0.39 is 6.09 Å². The van der Waals surface area contributed by atoms with Crippen molar-refractivity contribution < 1.29 is 14.6 Å². The first-order chi connectivity index (χ1) is 17.6. The van der Waals surface area contributed by atoms with E-state index in [1.54, 1.807) is 18.8 Å². The van der Waals surface area contributed by atoms with Crippen LogP contribution in [-0.4, -0.2) is 93.7 Å². The van der Waals surface area contributed by atoms with Gasteiger partial charge in [0.2, 0.25) is 0 Å². The van der Waals surface area contributed by atoms with Gasteiger partial charge in [-0.3, -0.25) is 4.99 Å². The molecule has 4 heterocycles. The molecule has 0 atom stereocenters. The number of rotatable bonds is 4. The molecule has 2 N–H and O–H groups in total. The number of anilines is 2. The van der Waals surface area contributed by atoms with Crippen molar-refractivity contribution >= 4 is 45.6 Å². The number of piperidine rings is 1. The van der Waals surface area contributed by atoms with Gasteiger partial charge in [-0.25, -0.2) is 19.4 Å². The zero-order chi connectivity index (χ0) is 25.1. The van der Waals surface area contributed by atoms with Crippen molar-refractivity contribution in [2.24, 2.45) is 4.99 Å². The molecule has 3 aromatic rings. The Bertz CT molecular complexity index is 1250. The van der Waals surface area contributed by atoms with E-state index in [1.165, 1.54) is 4.90 Å². The minimum absolute atomic E-state index is 0.0864. The number of hydrogen-bond donors (Lipinski definition) is 2. The fourth-order valence-corrected chi connectivity index (χ4v) is 5.05. The topological polar surface area (TPSA) is 121 Å². The molecule has 2 saturated heterocycles. The van der Waals surface area contributed by atoms with E-state index in [-0.39, 0.29) is 6.04 Å². The van der Waals surface area contributed by atoms with Crippen molar-refractivity contribution in [2.75, 3.05) is 62.9 Å². The van der Waals surface area contributed by atoms with E-state index in [0.717, 1.165) is 46.4 Å². The highest BCUT2D eigenvalue weighted by Gasteiger charge is 2.27. The Morgan fingerprint density at radius 1 is 1.14 bits per heavy atom. The highest BCUT2D eigenvalue weighted by Crippen LogP contribution is 2.32. The number of benzene rings is 1. The second-order valence-corrected chi connectivity index (χ2v) is 9.53. The predicted octanol–water partition coefficient (Wildman–Crippen LogP) is 3.41. The second kappa shape index (κ2) is 10.7. The van der Waals surface area contributed by atoms with Gasteiger partial charge in [0.25, 0.3) is 0 Å². The average Bonchev–Trinajstić information content (AvgIpc) is 3.36. The highest BCUT2D eigenvalue weighted by atomic mass is 32.2. The quantitative estimate of drug-likeness (QED) is 0.402. The number of ether oxygens (including phenoxy) is 1. The smallest absolute Gasteiger partial charge is 0.407 e. The molecule has 0 aliphatic carbocycles. The first-order valence-electron chi connectivity index (χ1n) is 12.0. The number of aromatic nitrogens is 4. The molecule has 12 heteroatoms. The van der Waals surface area contributed by atoms with E-state index >= 15 is 0 Å². The summed E-state index contributed by atoms with van der Waals surface area (Å²) in [5, 5.41) is 19.1. The van der Waals surface area contributed by atoms with Crippen LogP contribution in [0.1, 0.15) is 18.9 Å². The molecule has 190 valence electrons. The first kappa shape index (κ1) is 24.3. The van der Waals surface area contributed by atoms with Crippen molar-refractivity contribution in [2.45, 2.75) is 18.9 Å². The molecule has 5 rings (SSSR count). The first-order valence-corrected chi connectivity index (χ1v) is 13.2. The van der Waals surface area contributed by atoms with Gasteiger partial charge in [0.05, 0.1) is 30.8 Å². The number of fused-ring (bicyclic) bond motifs is 1. The molecule has 0 unspecified atom stereocenters. The highest BCUT2D eigenvalue weighted by molar-refractivity contribution is 8.13. The van der Waals surface area contributed by atoms with Gasteiger partial charge < -0.3 is 25.0 Å². The van der Waals surface area contributed by atoms with Crippen LogP contribution in [0.4, 0.5) is 16.3 Å². The largest absolute Gasteiger partial charge is 0.465 e. The Morgan fingerprint density at radius 2 is 1.86 bits per heavy atom. The van der Waals surface area contributed by atoms with Crippen molar-refractivity contribution in [3.05, 3.63) is 30.5 Å². The lowest BCUT2D eigenvalue weighted by atomic mass is 10.1. The zero-order valence-electron chi connectivity index (χ0n) is 20.4. The van der Waals surface area contributed by atoms with Gasteiger partial charge in [0.15, 0.2) is 16.6 Å². The van der Waals surface area contributed by atoms with E-state index in [1.807, 2.05) is 41.4 Å². The number of amides is 1. The molecule has 2 fully saturated rings. The summed E-state index contributed by atoms with van der Waals surface area (Å²) in [6.45, 7) is 3.79. The summed E-state index contributed by atoms with van der Waals surface area (Å²) in [6.07, 6.45) is 4.35. The number of carboxylic acid groups (broad SMARTS) is 1. The van der Waals surface area contributed by atoms with Gasteiger partial charge in [-0.15, -0.1) is 0 Å². The fraction of sp³-hybridized carbons (Fsp3) is 0.458. The van der Waals surface area contributed by atoms with Crippen LogP contribution < -0.4 is 10.2 Å². The number of morpholine rings is 1. The average molecular weight is 511 g/mol. The SMILES string of the molecule is CN=C(Nc1ccc(-c2nc(N3CCOCC3)c3cnn(C4CCN(C(=O)O)CC4)c3n2)cc1)SC. The molecule has 11 nitrogen and oxygen atoms in total. The molecule has 1 aromatic carbocycles. The maximum absolute atomic E-state index is 11.4. The van der Waals surface area contributed by atoms with Crippen LogP contribution >= 0.6 is 11.8 Å². The van der Waals surface area contributed by atoms with Gasteiger partial charge in [0, 0.05) is 44.5 Å². The van der Waals surface area contributed by atoms with Crippen LogP contribution in [0.5, 0.6) is 0 Å². The molecule has 36 heavy (non-hydrogen) atoms. The van der Waals surface area contributed by atoms with Crippen LogP contribution in [0.15, 0.2) is 35.5 Å². The Balaban J connectivity index is 1.51. The summed E-state index contributed by atoms with van der Waals surface area (Å²) in [5.41, 5.74) is 2.63. The van der Waals surface area contributed by atoms with Gasteiger partial charge in [-0.2, -0.15) is 5.10 Å². The van der Waals surface area contributed by atoms with Crippen molar-refractivity contribution in [3.8, 4) is 11.4 Å². The normalized spacial score (nSPS) is 17.6. The van der Waals surface area contributed by atoms with Crippen LogP contribution in [0.3, 0.4) is 0 Å². The lowest BCUT2D eigenvalue weighted by molar-refractivity contribution is 0.122. The Hall–Kier alpha value is -3.38. The Morgan fingerprint density at radius 3 is 2.50 bits per heavy atom. The Labute approximate surface area is 213 Å². The molecule has 2 aliphatic heterocycles. The number of amidine groups is 1. The van der Waals surface area contributed by atoms with Crippen LogP contribution in [0, 0.1) is 0 Å². The van der Waals surface area contributed by atoms with Crippen molar-refractivity contribution in [3.63, 3.8) is 0 Å². The third-order valence-electron chi connectivity index (χ3n) is 6.62. The summed E-state index contributed by atoms with van der Waals surface area (Å²) in [7, 11) is 1.76. The number of nitrogens with zero attached hydrogens (tertiary/aromatic N) is 7. The third kappa shape index (κ3) is 4.96. The molecule has 0 radical (unpaired) electrons. The predicted molar refractivity (Wildman–Crippen MR) is 142 cm³/mol. The van der Waals surface area contributed by atoms with Crippen molar-refractivity contribution in [1.82, 2.24) is 24.6 Å². The number of likely N-dealkylation sites (tertiary alicyclic amines) is 1. The monoisotopic (exact) mass is 510 g/mol. The van der Waals surface area contributed by atoms with Gasteiger partial charge in [0.1, 0.15) is 5.82 Å². The summed E-state index contributed by atoms with van der Waals surface area (Å²) >= 11 is 1.56. The molecule has 0 spiro atoms. The number of aliphatic imine (C=N–C) groups is 1. The summed E-state index contributed by atoms with van der Waals surface area (Å²) in [6, 6.07) is 8.09. The molecular weight excluding hydrogens is 480 g/mol. The maximum Gasteiger partial charge on any atom is 0.407 e. The molecule has 1 amide bonds. The van der Waals surface area contributed by atoms with Crippen LogP contribution in [0.2, 0.25) is 0 Å². The van der Waals surface area contributed by atoms with E-state index in [9.17, 15) is 9.90 Å². The van der Waals surface area contributed by atoms with E-state index in [0.29, 0.717) is 45.0 Å². The molecule has 0 bridgehead atoms. The lowest BCUT2D eigenvalue weighted by Crippen LogP contribution is -2.38. The number of nitrogens with one attached hydrogen (secondary N) is 1. The van der Waals surface area contributed by atoms with Gasteiger partial charge >= 0.3 is 6.09 Å². The Kier molecular flexibility index (Phi) is 7.23. The van der Waals surface area contributed by atoms with E-state index in [4.69, 9.17) is 19.8 Å². The lowest BCUT2D eigenvalue weighted by Gasteiger charge is -2.30. The zero-order valence-corrected chi connectivity index (χ0v) is 21.2. The van der Waals surface area contributed by atoms with Crippen molar-refractivity contribution in [1.29, 1.82) is 0 Å². The van der Waals surface area contributed by atoms with Gasteiger partial charge in [-0.1, -0.05) is 11.8 Å². The molecule has 0 saturated carbocycles. The second-order valence-electron chi connectivity index (χ2n) is 8.73. The standard InChI is InChI=1S/C24H30N8O3S/c1-25-23(36-2)27-17-5-3-16(4-6-17)20-28-21(30-11-13-35-14-12-30)19-15-26-32(22(19)29-20)18-7-9-31(10-8-18)24(33)34/h3-6,15,18H,7-14H2,1-2H3,(H,25,27)(H,33,34). The summed E-state index contributed by atoms with van der Waals surface area (Å²) < 4.78 is 7.52. The molecule has 2 aromatic heterocycles. The maximum atomic E-state index is 11.4. The van der Waals surface area contributed by atoms with Crippen LogP contribution in [-0.2, 0) is 4.74 Å². The minimum Gasteiger partial charge on any atom is -0.465 e. The minimum atomic E-state index is -0.870. The van der Waals surface area contributed by atoms with E-state index in [2.05, 4.69) is 15.2 Å². The molecular formula is C24H30N8O3S. The number of hydrogen-bond acceptors (Lipinski definition) is 8. The molecule has 2 aliphatic rings. The third-order valence-corrected chi connectivity index (χ3v) is 7.29. The van der Waals surface area contributed by atoms with Crippen LogP contribution in [0.25, 0.3) is 22.4 Å². The summed E-state index contributed by atoms with van der Waals surface area (Å²) in [4.78, 5) is 29.2. The number of carbonyl (C=O) groups is 1. The summed E-state index contributed by atoms with van der Waals surface area (Å²) in [5.74, 6) is 1.49. The number of thioether (sulfide) groups is 1. The van der Waals surface area contributed by atoms with Gasteiger partial charge in [-0.05, 0) is 43.4 Å².